The van der Waals surface area contributed by atoms with Gasteiger partial charge in [0.25, 0.3) is 0 Å². The third-order valence-electron chi connectivity index (χ3n) is 14.0. The third kappa shape index (κ3) is 5.19. The minimum absolute atomic E-state index is 1.15. The summed E-state index contributed by atoms with van der Waals surface area (Å²) in [6.45, 7) is 0. The van der Waals surface area contributed by atoms with E-state index in [2.05, 4.69) is 250 Å². The highest BCUT2D eigenvalue weighted by Crippen LogP contribution is 2.42. The monoisotopic (exact) mass is 828 g/mol. The molecule has 0 saturated carbocycles. The summed E-state index contributed by atoms with van der Waals surface area (Å²) in [5, 5.41) is 9.99. The van der Waals surface area contributed by atoms with Crippen LogP contribution in [0.2, 0.25) is 0 Å². The van der Waals surface area contributed by atoms with Gasteiger partial charge in [0, 0.05) is 78.1 Å². The molecule has 10 aromatic carbocycles. The lowest BCUT2D eigenvalue weighted by Crippen LogP contribution is -1.98. The van der Waals surface area contributed by atoms with Gasteiger partial charge in [0.2, 0.25) is 0 Å². The predicted molar refractivity (Wildman–Crippen MR) is 274 cm³/mol. The fraction of sp³-hybridized carbons (Fsp3) is 0.0164. The molecule has 14 aromatic rings. The van der Waals surface area contributed by atoms with Crippen LogP contribution < -0.4 is 0 Å². The van der Waals surface area contributed by atoms with Crippen molar-refractivity contribution in [2.75, 3.05) is 0 Å². The summed E-state index contributed by atoms with van der Waals surface area (Å²) in [7, 11) is 2.16. The van der Waals surface area contributed by atoms with Crippen molar-refractivity contribution in [3.63, 3.8) is 0 Å². The van der Waals surface area contributed by atoms with Crippen LogP contribution in [0.4, 0.5) is 0 Å². The molecule has 304 valence electrons. The van der Waals surface area contributed by atoms with Crippen molar-refractivity contribution >= 4 is 87.2 Å². The Morgan fingerprint density at radius 1 is 0.246 bits per heavy atom. The zero-order chi connectivity index (χ0) is 42.8. The molecule has 0 fully saturated rings. The molecule has 0 bridgehead atoms. The van der Waals surface area contributed by atoms with Crippen LogP contribution in [0.3, 0.4) is 0 Å². The van der Waals surface area contributed by atoms with Gasteiger partial charge in [-0.2, -0.15) is 0 Å². The van der Waals surface area contributed by atoms with Crippen molar-refractivity contribution in [3.8, 4) is 39.3 Å². The van der Waals surface area contributed by atoms with Gasteiger partial charge in [-0.1, -0.05) is 133 Å². The van der Waals surface area contributed by atoms with E-state index in [-0.39, 0.29) is 0 Å². The number of para-hydroxylation sites is 5. The summed E-state index contributed by atoms with van der Waals surface area (Å²) in [5.74, 6) is 0. The second kappa shape index (κ2) is 13.7. The molecule has 4 heterocycles. The molecule has 4 heteroatoms. The SMILES string of the molecule is Cn1c2ccccc2c2cc(-n3c4ccccc4c4cc(-c5ccc6c(c5)c5ccccc5n6-c5ccc6c(c5)c5ccccc5n6-c5ccccc5-c5ccccc5)ccc43)ccc21. The van der Waals surface area contributed by atoms with E-state index in [9.17, 15) is 0 Å². The van der Waals surface area contributed by atoms with E-state index in [4.69, 9.17) is 0 Å². The molecule has 0 aliphatic rings. The minimum atomic E-state index is 1.15. The van der Waals surface area contributed by atoms with E-state index in [1.165, 1.54) is 121 Å². The Hall–Kier alpha value is -8.60. The molecule has 0 aliphatic heterocycles. The van der Waals surface area contributed by atoms with E-state index in [0.717, 1.165) is 5.69 Å². The Kier molecular flexibility index (Phi) is 7.57. The van der Waals surface area contributed by atoms with E-state index in [1.54, 1.807) is 0 Å². The van der Waals surface area contributed by atoms with Gasteiger partial charge in [0.1, 0.15) is 0 Å². The average Bonchev–Trinajstić information content (AvgIpc) is 4.08. The van der Waals surface area contributed by atoms with Crippen LogP contribution in [0.1, 0.15) is 0 Å². The van der Waals surface area contributed by atoms with Crippen LogP contribution in [-0.4, -0.2) is 18.3 Å². The fourth-order valence-electron chi connectivity index (χ4n) is 11.0. The number of aryl methyl sites for hydroxylation is 1. The lowest BCUT2D eigenvalue weighted by atomic mass is 10.0. The maximum Gasteiger partial charge on any atom is 0.0542 e. The van der Waals surface area contributed by atoms with Crippen LogP contribution in [0.5, 0.6) is 0 Å². The Balaban J connectivity index is 0.917. The second-order valence-electron chi connectivity index (χ2n) is 17.4. The zero-order valence-electron chi connectivity index (χ0n) is 35.7. The highest BCUT2D eigenvalue weighted by molar-refractivity contribution is 6.15. The van der Waals surface area contributed by atoms with Gasteiger partial charge < -0.3 is 18.3 Å². The standard InChI is InChI=1S/C61H40N4/c1-62-53-22-10-6-18-45(53)51-37-42(29-33-54(51)62)63-56-24-12-7-19-46(56)49-35-40(27-31-59(49)63)41-28-32-60-50(36-41)47-20-8-13-25-57(47)64(60)43-30-34-61-52(38-43)48-21-9-14-26-58(48)65(61)55-23-11-5-17-44(55)39-15-3-2-4-16-39/h2-38H,1H3. The molecule has 0 radical (unpaired) electrons. The molecule has 0 atom stereocenters. The maximum absolute atomic E-state index is 2.45. The van der Waals surface area contributed by atoms with Gasteiger partial charge in [0.05, 0.1) is 38.8 Å². The van der Waals surface area contributed by atoms with Gasteiger partial charge >= 0.3 is 0 Å². The summed E-state index contributed by atoms with van der Waals surface area (Å²) < 4.78 is 9.61. The Morgan fingerprint density at radius 2 is 0.615 bits per heavy atom. The van der Waals surface area contributed by atoms with Crippen molar-refractivity contribution < 1.29 is 0 Å². The number of hydrogen-bond donors (Lipinski definition) is 0. The first-order valence-electron chi connectivity index (χ1n) is 22.4. The lowest BCUT2D eigenvalue weighted by Gasteiger charge is -2.14. The smallest absolute Gasteiger partial charge is 0.0542 e. The highest BCUT2D eigenvalue weighted by atomic mass is 15.0. The van der Waals surface area contributed by atoms with E-state index in [0.29, 0.717) is 0 Å². The molecule has 0 unspecified atom stereocenters. The van der Waals surface area contributed by atoms with Crippen LogP contribution in [0.15, 0.2) is 224 Å². The number of nitrogens with zero attached hydrogens (tertiary/aromatic N) is 4. The predicted octanol–water partition coefficient (Wildman–Crippen LogP) is 16.0. The zero-order valence-corrected chi connectivity index (χ0v) is 35.7. The summed E-state index contributed by atoms with van der Waals surface area (Å²) in [5.41, 5.74) is 18.0. The highest BCUT2D eigenvalue weighted by Gasteiger charge is 2.20. The summed E-state index contributed by atoms with van der Waals surface area (Å²) in [4.78, 5) is 0. The van der Waals surface area contributed by atoms with Gasteiger partial charge in [-0.3, -0.25) is 0 Å². The maximum atomic E-state index is 2.45. The first-order chi connectivity index (χ1) is 32.2. The fourth-order valence-corrected chi connectivity index (χ4v) is 11.0. The van der Waals surface area contributed by atoms with Crippen LogP contribution in [0.25, 0.3) is 127 Å². The summed E-state index contributed by atoms with van der Waals surface area (Å²) in [6.07, 6.45) is 0. The molecule has 0 amide bonds. The van der Waals surface area contributed by atoms with Crippen molar-refractivity contribution in [2.45, 2.75) is 0 Å². The van der Waals surface area contributed by atoms with Crippen LogP contribution in [0, 0.1) is 0 Å². The normalized spacial score (nSPS) is 12.1. The topological polar surface area (TPSA) is 19.7 Å². The molecular weight excluding hydrogens is 789 g/mol. The molecule has 4 nitrogen and oxygen atoms in total. The molecule has 4 aromatic heterocycles. The second-order valence-corrected chi connectivity index (χ2v) is 17.4. The molecule has 65 heavy (non-hydrogen) atoms. The summed E-state index contributed by atoms with van der Waals surface area (Å²) in [6, 6.07) is 82.6. The molecular formula is C61H40N4. The van der Waals surface area contributed by atoms with Gasteiger partial charge in [-0.05, 0) is 108 Å². The van der Waals surface area contributed by atoms with E-state index >= 15 is 0 Å². The third-order valence-corrected chi connectivity index (χ3v) is 14.0. The van der Waals surface area contributed by atoms with Crippen LogP contribution >= 0.6 is 0 Å². The minimum Gasteiger partial charge on any atom is -0.344 e. The number of hydrogen-bond acceptors (Lipinski definition) is 0. The summed E-state index contributed by atoms with van der Waals surface area (Å²) >= 11 is 0. The molecule has 0 aliphatic carbocycles. The first-order valence-corrected chi connectivity index (χ1v) is 22.4. The first kappa shape index (κ1) is 35.9. The molecule has 0 saturated heterocycles. The average molecular weight is 829 g/mol. The van der Waals surface area contributed by atoms with Crippen molar-refractivity contribution in [1.82, 2.24) is 18.3 Å². The Morgan fingerprint density at radius 3 is 1.20 bits per heavy atom. The van der Waals surface area contributed by atoms with Crippen molar-refractivity contribution in [1.29, 1.82) is 0 Å². The molecule has 0 spiro atoms. The molecule has 14 rings (SSSR count). The quantitative estimate of drug-likeness (QED) is 0.165. The molecule has 0 N–H and O–H groups in total. The number of fused-ring (bicyclic) bond motifs is 12. The van der Waals surface area contributed by atoms with E-state index < -0.39 is 0 Å². The number of benzene rings is 10. The number of rotatable bonds is 5. The Labute approximate surface area is 374 Å². The number of aromatic nitrogens is 4. The van der Waals surface area contributed by atoms with Gasteiger partial charge in [0.15, 0.2) is 0 Å². The van der Waals surface area contributed by atoms with Crippen LogP contribution in [-0.2, 0) is 7.05 Å². The van der Waals surface area contributed by atoms with Gasteiger partial charge in [-0.25, -0.2) is 0 Å². The largest absolute Gasteiger partial charge is 0.344 e. The van der Waals surface area contributed by atoms with E-state index in [1.807, 2.05) is 0 Å². The lowest BCUT2D eigenvalue weighted by molar-refractivity contribution is 1.01. The van der Waals surface area contributed by atoms with Crippen molar-refractivity contribution in [3.05, 3.63) is 224 Å². The Bertz CT molecular complexity index is 4250. The van der Waals surface area contributed by atoms with Gasteiger partial charge in [-0.15, -0.1) is 0 Å². The van der Waals surface area contributed by atoms with Crippen molar-refractivity contribution in [2.24, 2.45) is 7.05 Å².